The minimum absolute atomic E-state index is 0.0574. The number of fused-ring (bicyclic) bond motifs is 1. The maximum Gasteiger partial charge on any atom is 0.339 e. The zero-order valence-electron chi connectivity index (χ0n) is 14.8. The van der Waals surface area contributed by atoms with Crippen LogP contribution in [-0.4, -0.2) is 29.4 Å². The van der Waals surface area contributed by atoms with Crippen LogP contribution in [0.25, 0.3) is 0 Å². The zero-order chi connectivity index (χ0) is 17.9. The van der Waals surface area contributed by atoms with Crippen molar-refractivity contribution in [1.82, 2.24) is 0 Å². The lowest BCUT2D eigenvalue weighted by Crippen LogP contribution is -2.10. The molecule has 0 aromatic heterocycles. The van der Waals surface area contributed by atoms with Crippen LogP contribution in [0, 0.1) is 5.92 Å². The standard InChI is InChI=1S/C19H26O5/c1-11(2)7-13(20)8-12(3)5-6-14-17(23-4)9-15-16(18(14)21)10-24-19(15)22/h5,9,11,13,20-21H,6-8,10H2,1-4H3/b12-5+. The minimum atomic E-state index is -0.436. The summed E-state index contributed by atoms with van der Waals surface area (Å²) in [7, 11) is 1.51. The number of rotatable bonds is 7. The molecule has 132 valence electrons. The van der Waals surface area contributed by atoms with E-state index >= 15 is 0 Å². The molecule has 1 aromatic rings. The highest BCUT2D eigenvalue weighted by Crippen LogP contribution is 2.38. The summed E-state index contributed by atoms with van der Waals surface area (Å²) in [5, 5.41) is 20.5. The maximum atomic E-state index is 11.6. The highest BCUT2D eigenvalue weighted by molar-refractivity contribution is 5.95. The lowest BCUT2D eigenvalue weighted by atomic mass is 9.97. The van der Waals surface area contributed by atoms with E-state index in [1.807, 2.05) is 13.0 Å². The van der Waals surface area contributed by atoms with Crippen LogP contribution < -0.4 is 4.74 Å². The van der Waals surface area contributed by atoms with Gasteiger partial charge in [0, 0.05) is 11.1 Å². The van der Waals surface area contributed by atoms with E-state index in [1.54, 1.807) is 6.07 Å². The molecule has 0 aliphatic carbocycles. The average molecular weight is 334 g/mol. The summed E-state index contributed by atoms with van der Waals surface area (Å²) in [4.78, 5) is 11.6. The Hall–Kier alpha value is -2.01. The first kappa shape index (κ1) is 18.3. The molecule has 1 heterocycles. The summed E-state index contributed by atoms with van der Waals surface area (Å²) in [6.45, 7) is 6.22. The molecule has 5 heteroatoms. The van der Waals surface area contributed by atoms with Gasteiger partial charge in [0.15, 0.2) is 0 Å². The normalized spacial score (nSPS) is 15.4. The van der Waals surface area contributed by atoms with Crippen LogP contribution in [0.2, 0.25) is 0 Å². The maximum absolute atomic E-state index is 11.6. The van der Waals surface area contributed by atoms with Gasteiger partial charge in [-0.3, -0.25) is 0 Å². The predicted octanol–water partition coefficient (Wildman–Crippen LogP) is 3.36. The number of aliphatic hydroxyl groups excluding tert-OH is 1. The van der Waals surface area contributed by atoms with Gasteiger partial charge in [-0.1, -0.05) is 25.5 Å². The van der Waals surface area contributed by atoms with Crippen LogP contribution in [-0.2, 0) is 17.8 Å². The lowest BCUT2D eigenvalue weighted by Gasteiger charge is -2.14. The van der Waals surface area contributed by atoms with Crippen molar-refractivity contribution in [3.05, 3.63) is 34.4 Å². The monoisotopic (exact) mass is 334 g/mol. The van der Waals surface area contributed by atoms with E-state index in [9.17, 15) is 15.0 Å². The van der Waals surface area contributed by atoms with E-state index in [2.05, 4.69) is 13.8 Å². The van der Waals surface area contributed by atoms with E-state index in [-0.39, 0.29) is 18.5 Å². The van der Waals surface area contributed by atoms with Crippen molar-refractivity contribution in [3.8, 4) is 11.5 Å². The third-order valence-corrected chi connectivity index (χ3v) is 4.21. The number of aromatic hydroxyl groups is 1. The van der Waals surface area contributed by atoms with Crippen LogP contribution in [0.3, 0.4) is 0 Å². The first-order chi connectivity index (χ1) is 11.3. The van der Waals surface area contributed by atoms with Crippen molar-refractivity contribution in [3.63, 3.8) is 0 Å². The second-order valence-electron chi connectivity index (χ2n) is 6.75. The van der Waals surface area contributed by atoms with Crippen molar-refractivity contribution < 1.29 is 24.5 Å². The smallest absolute Gasteiger partial charge is 0.339 e. The molecule has 0 spiro atoms. The Labute approximate surface area is 142 Å². The molecule has 0 saturated carbocycles. The average Bonchev–Trinajstić information content (AvgIpc) is 2.86. The van der Waals surface area contributed by atoms with Gasteiger partial charge in [0.2, 0.25) is 0 Å². The van der Waals surface area contributed by atoms with Gasteiger partial charge in [-0.05, 0) is 38.2 Å². The fourth-order valence-corrected chi connectivity index (χ4v) is 3.01. The Morgan fingerprint density at radius 1 is 1.46 bits per heavy atom. The third kappa shape index (κ3) is 4.09. The van der Waals surface area contributed by atoms with E-state index in [1.165, 1.54) is 7.11 Å². The van der Waals surface area contributed by atoms with Crippen LogP contribution in [0.15, 0.2) is 17.7 Å². The fraction of sp³-hybridized carbons (Fsp3) is 0.526. The van der Waals surface area contributed by atoms with E-state index in [4.69, 9.17) is 9.47 Å². The first-order valence-corrected chi connectivity index (χ1v) is 8.26. The molecule has 2 rings (SSSR count). The number of aliphatic hydroxyl groups is 1. The van der Waals surface area contributed by atoms with Gasteiger partial charge in [0.1, 0.15) is 18.1 Å². The molecule has 0 amide bonds. The number of hydrogen-bond donors (Lipinski definition) is 2. The number of allylic oxidation sites excluding steroid dienone is 1. The van der Waals surface area contributed by atoms with Gasteiger partial charge in [0.25, 0.3) is 0 Å². The Morgan fingerprint density at radius 3 is 2.79 bits per heavy atom. The molecule has 5 nitrogen and oxygen atoms in total. The Morgan fingerprint density at radius 2 is 2.17 bits per heavy atom. The summed E-state index contributed by atoms with van der Waals surface area (Å²) < 4.78 is 10.3. The Bertz CT molecular complexity index is 646. The molecule has 0 radical (unpaired) electrons. The number of methoxy groups -OCH3 is 1. The number of benzene rings is 1. The van der Waals surface area contributed by atoms with E-state index < -0.39 is 5.97 Å². The number of esters is 1. The largest absolute Gasteiger partial charge is 0.507 e. The number of carbonyl (C=O) groups excluding carboxylic acids is 1. The van der Waals surface area contributed by atoms with Gasteiger partial charge < -0.3 is 19.7 Å². The van der Waals surface area contributed by atoms with Gasteiger partial charge in [0.05, 0.1) is 18.8 Å². The molecule has 1 aromatic carbocycles. The molecule has 1 atom stereocenters. The van der Waals surface area contributed by atoms with Gasteiger partial charge in [-0.2, -0.15) is 0 Å². The summed E-state index contributed by atoms with van der Waals surface area (Å²) in [5.74, 6) is 0.540. The summed E-state index contributed by atoms with van der Waals surface area (Å²) >= 11 is 0. The first-order valence-electron chi connectivity index (χ1n) is 8.26. The second kappa shape index (κ2) is 7.71. The lowest BCUT2D eigenvalue weighted by molar-refractivity contribution is 0.0534. The number of hydrogen-bond acceptors (Lipinski definition) is 5. The summed E-state index contributed by atoms with van der Waals surface area (Å²) in [6.07, 6.45) is 3.45. The topological polar surface area (TPSA) is 76.0 Å². The van der Waals surface area contributed by atoms with Crippen molar-refractivity contribution in [2.75, 3.05) is 7.11 Å². The highest BCUT2D eigenvalue weighted by Gasteiger charge is 2.28. The molecule has 2 N–H and O–H groups in total. The van der Waals surface area contributed by atoms with Crippen molar-refractivity contribution >= 4 is 5.97 Å². The van der Waals surface area contributed by atoms with Crippen molar-refractivity contribution in [2.24, 2.45) is 5.92 Å². The van der Waals surface area contributed by atoms with Gasteiger partial charge >= 0.3 is 5.97 Å². The second-order valence-corrected chi connectivity index (χ2v) is 6.75. The van der Waals surface area contributed by atoms with E-state index in [0.29, 0.717) is 41.2 Å². The molecule has 0 bridgehead atoms. The number of phenols is 1. The molecule has 24 heavy (non-hydrogen) atoms. The Kier molecular flexibility index (Phi) is 5.89. The minimum Gasteiger partial charge on any atom is -0.507 e. The number of carbonyl (C=O) groups is 1. The number of ether oxygens (including phenoxy) is 2. The van der Waals surface area contributed by atoms with Crippen LogP contribution in [0.1, 0.15) is 55.1 Å². The zero-order valence-corrected chi connectivity index (χ0v) is 14.8. The molecule has 0 saturated heterocycles. The molecule has 1 aliphatic heterocycles. The van der Waals surface area contributed by atoms with E-state index in [0.717, 1.165) is 12.0 Å². The van der Waals surface area contributed by atoms with Crippen molar-refractivity contribution in [2.45, 2.75) is 52.7 Å². The number of phenolic OH excluding ortho intramolecular Hbond substituents is 1. The highest BCUT2D eigenvalue weighted by atomic mass is 16.5. The molecular formula is C19H26O5. The van der Waals surface area contributed by atoms with Gasteiger partial charge in [-0.15, -0.1) is 0 Å². The summed E-state index contributed by atoms with van der Waals surface area (Å²) in [5.41, 5.74) is 2.56. The SMILES string of the molecule is COc1cc2c(c(O)c1C/C=C(\C)CC(O)CC(C)C)COC2=O. The molecular weight excluding hydrogens is 308 g/mol. The molecule has 1 unspecified atom stereocenters. The van der Waals surface area contributed by atoms with Crippen LogP contribution in [0.5, 0.6) is 11.5 Å². The van der Waals surface area contributed by atoms with Crippen LogP contribution in [0.4, 0.5) is 0 Å². The van der Waals surface area contributed by atoms with Crippen LogP contribution >= 0.6 is 0 Å². The fourth-order valence-electron chi connectivity index (χ4n) is 3.01. The molecule has 1 aliphatic rings. The third-order valence-electron chi connectivity index (χ3n) is 4.21. The molecule has 0 fully saturated rings. The quantitative estimate of drug-likeness (QED) is 0.591. The predicted molar refractivity (Wildman–Crippen MR) is 91.3 cm³/mol. The Balaban J connectivity index is 2.18. The number of cyclic esters (lactones) is 1. The van der Waals surface area contributed by atoms with Gasteiger partial charge in [-0.25, -0.2) is 4.79 Å². The van der Waals surface area contributed by atoms with Crippen molar-refractivity contribution in [1.29, 1.82) is 0 Å². The summed E-state index contributed by atoms with van der Waals surface area (Å²) in [6, 6.07) is 1.62.